The first-order valence-electron chi connectivity index (χ1n) is 10.4. The van der Waals surface area contributed by atoms with E-state index in [0.29, 0.717) is 24.5 Å². The van der Waals surface area contributed by atoms with Crippen molar-refractivity contribution in [2.24, 2.45) is 5.73 Å². The number of hydrogen-bond donors (Lipinski definition) is 2. The van der Waals surface area contributed by atoms with E-state index in [1.807, 2.05) is 54.6 Å². The fourth-order valence-electron chi connectivity index (χ4n) is 4.02. The Labute approximate surface area is 186 Å². The average molecular weight is 431 g/mol. The fourth-order valence-corrected chi connectivity index (χ4v) is 4.02. The van der Waals surface area contributed by atoms with Crippen molar-refractivity contribution in [3.8, 4) is 22.8 Å². The summed E-state index contributed by atoms with van der Waals surface area (Å²) in [5.74, 6) is 0.669. The van der Waals surface area contributed by atoms with Gasteiger partial charge in [0.15, 0.2) is 5.82 Å². The van der Waals surface area contributed by atoms with Crippen LogP contribution in [0, 0.1) is 0 Å². The molecule has 8 heteroatoms. The maximum absolute atomic E-state index is 12.2. The molecule has 2 aromatic carbocycles. The van der Waals surface area contributed by atoms with Crippen LogP contribution in [-0.4, -0.2) is 39.6 Å². The molecule has 1 saturated heterocycles. The topological polar surface area (TPSA) is 116 Å². The van der Waals surface area contributed by atoms with Crippen molar-refractivity contribution < 1.29 is 14.3 Å². The van der Waals surface area contributed by atoms with Crippen LogP contribution in [0.5, 0.6) is 11.5 Å². The SMILES string of the molecule is C=CC(=O)N1CCC[C@H](n2nc(N)c(C(N)=O)c2-c2ccc(Oc3ccccc3)cc2)C1. The molecule has 1 aliphatic heterocycles. The average Bonchev–Trinajstić information content (AvgIpc) is 3.17. The van der Waals surface area contributed by atoms with Gasteiger partial charge in [0.2, 0.25) is 5.91 Å². The molecule has 2 heterocycles. The van der Waals surface area contributed by atoms with Crippen molar-refractivity contribution in [1.29, 1.82) is 0 Å². The second-order valence-corrected chi connectivity index (χ2v) is 7.64. The number of primary amides is 1. The van der Waals surface area contributed by atoms with Gasteiger partial charge in [-0.05, 0) is 55.3 Å². The molecule has 1 atom stereocenters. The molecule has 164 valence electrons. The third kappa shape index (κ3) is 4.20. The zero-order valence-electron chi connectivity index (χ0n) is 17.6. The summed E-state index contributed by atoms with van der Waals surface area (Å²) in [4.78, 5) is 26.1. The van der Waals surface area contributed by atoms with Gasteiger partial charge in [-0.3, -0.25) is 14.3 Å². The maximum Gasteiger partial charge on any atom is 0.254 e. The van der Waals surface area contributed by atoms with Gasteiger partial charge in [0, 0.05) is 18.7 Å². The highest BCUT2D eigenvalue weighted by Gasteiger charge is 2.30. The van der Waals surface area contributed by atoms with Crippen molar-refractivity contribution in [2.45, 2.75) is 18.9 Å². The molecular weight excluding hydrogens is 406 g/mol. The summed E-state index contributed by atoms with van der Waals surface area (Å²) >= 11 is 0. The Morgan fingerprint density at radius 1 is 1.09 bits per heavy atom. The van der Waals surface area contributed by atoms with Gasteiger partial charge < -0.3 is 21.1 Å². The summed E-state index contributed by atoms with van der Waals surface area (Å²) in [6, 6.07) is 16.6. The van der Waals surface area contributed by atoms with E-state index in [2.05, 4.69) is 11.7 Å². The Balaban J connectivity index is 1.69. The molecule has 0 aliphatic carbocycles. The molecule has 0 unspecified atom stereocenters. The lowest BCUT2D eigenvalue weighted by atomic mass is 10.0. The first-order chi connectivity index (χ1) is 15.5. The smallest absolute Gasteiger partial charge is 0.254 e. The largest absolute Gasteiger partial charge is 0.457 e. The van der Waals surface area contributed by atoms with Crippen LogP contribution in [0.1, 0.15) is 29.2 Å². The number of amides is 2. The number of benzene rings is 2. The van der Waals surface area contributed by atoms with Crippen LogP contribution in [0.3, 0.4) is 0 Å². The molecule has 1 aliphatic rings. The van der Waals surface area contributed by atoms with Crippen LogP contribution in [0.2, 0.25) is 0 Å². The van der Waals surface area contributed by atoms with Crippen molar-refractivity contribution >= 4 is 17.6 Å². The van der Waals surface area contributed by atoms with Gasteiger partial charge in [0.05, 0.1) is 11.7 Å². The molecule has 3 aromatic rings. The number of carbonyl (C=O) groups excluding carboxylic acids is 2. The van der Waals surface area contributed by atoms with E-state index >= 15 is 0 Å². The summed E-state index contributed by atoms with van der Waals surface area (Å²) in [6.07, 6.45) is 2.91. The lowest BCUT2D eigenvalue weighted by Crippen LogP contribution is -2.40. The molecule has 0 saturated carbocycles. The molecule has 32 heavy (non-hydrogen) atoms. The van der Waals surface area contributed by atoms with Crippen LogP contribution in [-0.2, 0) is 4.79 Å². The number of likely N-dealkylation sites (tertiary alicyclic amines) is 1. The minimum Gasteiger partial charge on any atom is -0.457 e. The van der Waals surface area contributed by atoms with E-state index in [1.54, 1.807) is 9.58 Å². The van der Waals surface area contributed by atoms with E-state index in [9.17, 15) is 9.59 Å². The second-order valence-electron chi connectivity index (χ2n) is 7.64. The Kier molecular flexibility index (Phi) is 5.93. The summed E-state index contributed by atoms with van der Waals surface area (Å²) in [6.45, 7) is 4.68. The first kappa shape index (κ1) is 21.2. The highest BCUT2D eigenvalue weighted by Crippen LogP contribution is 2.34. The number of para-hydroxylation sites is 1. The zero-order valence-corrected chi connectivity index (χ0v) is 17.6. The van der Waals surface area contributed by atoms with E-state index in [4.69, 9.17) is 16.2 Å². The van der Waals surface area contributed by atoms with Gasteiger partial charge in [0.25, 0.3) is 5.91 Å². The van der Waals surface area contributed by atoms with E-state index in [0.717, 1.165) is 24.2 Å². The first-order valence-corrected chi connectivity index (χ1v) is 10.4. The van der Waals surface area contributed by atoms with E-state index in [-0.39, 0.29) is 23.3 Å². The van der Waals surface area contributed by atoms with Crippen LogP contribution in [0.15, 0.2) is 67.3 Å². The van der Waals surface area contributed by atoms with Crippen molar-refractivity contribution in [2.75, 3.05) is 18.8 Å². The third-order valence-electron chi connectivity index (χ3n) is 5.52. The standard InChI is InChI=1S/C24H25N5O3/c1-2-20(30)28-14-6-7-17(15-28)29-22(21(24(26)31)23(25)27-29)16-10-12-19(13-11-16)32-18-8-4-3-5-9-18/h2-5,8-13,17H,1,6-7,14-15H2,(H2,25,27)(H2,26,31)/t17-/m0/s1. The summed E-state index contributed by atoms with van der Waals surface area (Å²) < 4.78 is 7.59. The Bertz CT molecular complexity index is 1140. The highest BCUT2D eigenvalue weighted by molar-refractivity contribution is 6.03. The summed E-state index contributed by atoms with van der Waals surface area (Å²) in [5.41, 5.74) is 13.2. The molecule has 4 rings (SSSR count). The number of aromatic nitrogens is 2. The number of nitrogens with zero attached hydrogens (tertiary/aromatic N) is 3. The van der Waals surface area contributed by atoms with Crippen LogP contribution in [0.4, 0.5) is 5.82 Å². The number of hydrogen-bond acceptors (Lipinski definition) is 5. The predicted octanol–water partition coefficient (Wildman–Crippen LogP) is 3.37. The molecule has 4 N–H and O–H groups in total. The third-order valence-corrected chi connectivity index (χ3v) is 5.52. The highest BCUT2D eigenvalue weighted by atomic mass is 16.5. The number of nitrogen functional groups attached to an aromatic ring is 1. The molecule has 0 radical (unpaired) electrons. The molecule has 0 bridgehead atoms. The monoisotopic (exact) mass is 431 g/mol. The van der Waals surface area contributed by atoms with Crippen LogP contribution < -0.4 is 16.2 Å². The van der Waals surface area contributed by atoms with Gasteiger partial charge in [-0.1, -0.05) is 24.8 Å². The summed E-state index contributed by atoms with van der Waals surface area (Å²) in [5, 5.41) is 4.44. The molecule has 8 nitrogen and oxygen atoms in total. The number of carbonyl (C=O) groups is 2. The predicted molar refractivity (Wildman–Crippen MR) is 122 cm³/mol. The molecule has 1 aromatic heterocycles. The second kappa shape index (κ2) is 8.97. The van der Waals surface area contributed by atoms with Gasteiger partial charge in [-0.15, -0.1) is 0 Å². The zero-order chi connectivity index (χ0) is 22.7. The number of nitrogens with two attached hydrogens (primary N) is 2. The minimum atomic E-state index is -0.650. The maximum atomic E-state index is 12.2. The van der Waals surface area contributed by atoms with Crippen LogP contribution in [0.25, 0.3) is 11.3 Å². The Morgan fingerprint density at radius 3 is 2.44 bits per heavy atom. The van der Waals surface area contributed by atoms with E-state index < -0.39 is 5.91 Å². The quantitative estimate of drug-likeness (QED) is 0.581. The molecule has 2 amide bonds. The molecular formula is C24H25N5O3. The van der Waals surface area contributed by atoms with Crippen LogP contribution >= 0.6 is 0 Å². The molecule has 0 spiro atoms. The van der Waals surface area contributed by atoms with Crippen molar-refractivity contribution in [3.63, 3.8) is 0 Å². The Morgan fingerprint density at radius 2 is 1.78 bits per heavy atom. The number of ether oxygens (including phenoxy) is 1. The number of rotatable bonds is 6. The van der Waals surface area contributed by atoms with E-state index in [1.165, 1.54) is 6.08 Å². The van der Waals surface area contributed by atoms with Gasteiger partial charge in [0.1, 0.15) is 17.1 Å². The van der Waals surface area contributed by atoms with Gasteiger partial charge in [-0.2, -0.15) is 5.10 Å². The lowest BCUT2D eigenvalue weighted by Gasteiger charge is -2.33. The minimum absolute atomic E-state index is 0.0734. The normalized spacial score (nSPS) is 15.9. The molecule has 1 fully saturated rings. The summed E-state index contributed by atoms with van der Waals surface area (Å²) in [7, 11) is 0. The fraction of sp³-hybridized carbons (Fsp3) is 0.208. The lowest BCUT2D eigenvalue weighted by molar-refractivity contribution is -0.127. The van der Waals surface area contributed by atoms with Crippen molar-refractivity contribution in [1.82, 2.24) is 14.7 Å². The number of piperidine rings is 1. The van der Waals surface area contributed by atoms with Gasteiger partial charge in [-0.25, -0.2) is 0 Å². The van der Waals surface area contributed by atoms with Gasteiger partial charge >= 0.3 is 0 Å². The number of anilines is 1. The van der Waals surface area contributed by atoms with Crippen molar-refractivity contribution in [3.05, 3.63) is 72.8 Å². The Hall–Kier alpha value is -4.07.